The molecular weight excluding hydrogens is 272 g/mol. The standard InChI is InChI=1S/C16H15ClN2O/c17-14-7-8-18-10-15(14)19-16(20)13-6-5-11-3-1-2-4-12(11)9-13/h1-4,7-8,10,13H,5-6,9H2,(H,19,20). The summed E-state index contributed by atoms with van der Waals surface area (Å²) in [5.74, 6) is 0.0237. The lowest BCUT2D eigenvalue weighted by Gasteiger charge is -2.23. The summed E-state index contributed by atoms with van der Waals surface area (Å²) in [7, 11) is 0. The summed E-state index contributed by atoms with van der Waals surface area (Å²) in [6.07, 6.45) is 5.81. The quantitative estimate of drug-likeness (QED) is 0.918. The van der Waals surface area contributed by atoms with Crippen LogP contribution in [0.25, 0.3) is 0 Å². The van der Waals surface area contributed by atoms with E-state index in [9.17, 15) is 4.79 Å². The van der Waals surface area contributed by atoms with E-state index in [0.29, 0.717) is 10.7 Å². The number of hydrogen-bond donors (Lipinski definition) is 1. The molecule has 20 heavy (non-hydrogen) atoms. The number of aromatic nitrogens is 1. The summed E-state index contributed by atoms with van der Waals surface area (Å²) in [5.41, 5.74) is 3.21. The Balaban J connectivity index is 1.72. The molecule has 4 heteroatoms. The average molecular weight is 287 g/mol. The number of hydrogen-bond acceptors (Lipinski definition) is 2. The smallest absolute Gasteiger partial charge is 0.227 e. The van der Waals surface area contributed by atoms with Gasteiger partial charge in [0.15, 0.2) is 0 Å². The molecule has 1 atom stereocenters. The molecule has 0 bridgehead atoms. The van der Waals surface area contributed by atoms with E-state index in [1.165, 1.54) is 11.1 Å². The van der Waals surface area contributed by atoms with Gasteiger partial charge in [0.2, 0.25) is 5.91 Å². The Hall–Kier alpha value is -1.87. The van der Waals surface area contributed by atoms with Crippen molar-refractivity contribution in [2.45, 2.75) is 19.3 Å². The first kappa shape index (κ1) is 13.1. The van der Waals surface area contributed by atoms with Gasteiger partial charge in [0.1, 0.15) is 0 Å². The maximum atomic E-state index is 12.3. The van der Waals surface area contributed by atoms with Crippen LogP contribution < -0.4 is 5.32 Å². The van der Waals surface area contributed by atoms with Crippen LogP contribution in [0.5, 0.6) is 0 Å². The van der Waals surface area contributed by atoms with Crippen LogP contribution in [-0.4, -0.2) is 10.9 Å². The summed E-state index contributed by atoms with van der Waals surface area (Å²) in [5, 5.41) is 3.40. The van der Waals surface area contributed by atoms with Crippen molar-refractivity contribution in [1.29, 1.82) is 0 Å². The van der Waals surface area contributed by atoms with Gasteiger partial charge < -0.3 is 5.32 Å². The Bertz CT molecular complexity index is 642. The Labute approximate surface area is 123 Å². The molecule has 0 saturated heterocycles. The molecule has 1 amide bonds. The first-order valence-electron chi connectivity index (χ1n) is 6.71. The van der Waals surface area contributed by atoms with Crippen molar-refractivity contribution in [3.63, 3.8) is 0 Å². The average Bonchev–Trinajstić information content (AvgIpc) is 2.49. The third-order valence-corrected chi connectivity index (χ3v) is 4.07. The number of nitrogens with zero attached hydrogens (tertiary/aromatic N) is 1. The van der Waals surface area contributed by atoms with E-state index < -0.39 is 0 Å². The molecule has 2 aromatic rings. The molecule has 1 aliphatic carbocycles. The third kappa shape index (κ3) is 2.68. The highest BCUT2D eigenvalue weighted by molar-refractivity contribution is 6.33. The molecule has 0 fully saturated rings. The molecular formula is C16H15ClN2O. The van der Waals surface area contributed by atoms with E-state index in [-0.39, 0.29) is 11.8 Å². The second-order valence-corrected chi connectivity index (χ2v) is 5.46. The number of carbonyl (C=O) groups excluding carboxylic acids is 1. The van der Waals surface area contributed by atoms with E-state index in [1.807, 2.05) is 6.07 Å². The zero-order valence-electron chi connectivity index (χ0n) is 11.0. The van der Waals surface area contributed by atoms with Gasteiger partial charge in [-0.2, -0.15) is 0 Å². The van der Waals surface area contributed by atoms with Crippen molar-refractivity contribution in [1.82, 2.24) is 4.98 Å². The molecule has 0 radical (unpaired) electrons. The minimum Gasteiger partial charge on any atom is -0.323 e. The molecule has 1 N–H and O–H groups in total. The molecule has 1 aromatic heterocycles. The molecule has 1 aliphatic rings. The molecule has 1 aromatic carbocycles. The summed E-state index contributed by atoms with van der Waals surface area (Å²) < 4.78 is 0. The summed E-state index contributed by atoms with van der Waals surface area (Å²) in [6.45, 7) is 0. The van der Waals surface area contributed by atoms with Crippen LogP contribution in [0.1, 0.15) is 17.5 Å². The van der Waals surface area contributed by atoms with Crippen molar-refractivity contribution in [2.75, 3.05) is 5.32 Å². The van der Waals surface area contributed by atoms with E-state index in [4.69, 9.17) is 11.6 Å². The van der Waals surface area contributed by atoms with Crippen LogP contribution in [0, 0.1) is 5.92 Å². The summed E-state index contributed by atoms with van der Waals surface area (Å²) >= 11 is 6.03. The van der Waals surface area contributed by atoms with Gasteiger partial charge in [0.25, 0.3) is 0 Å². The lowest BCUT2D eigenvalue weighted by molar-refractivity contribution is -0.120. The van der Waals surface area contributed by atoms with Gasteiger partial charge in [-0.3, -0.25) is 9.78 Å². The SMILES string of the molecule is O=C(Nc1cnccc1Cl)C1CCc2ccccc2C1. The van der Waals surface area contributed by atoms with Gasteiger partial charge >= 0.3 is 0 Å². The van der Waals surface area contributed by atoms with Crippen LogP contribution >= 0.6 is 11.6 Å². The fraction of sp³-hybridized carbons (Fsp3) is 0.250. The highest BCUT2D eigenvalue weighted by atomic mass is 35.5. The van der Waals surface area contributed by atoms with E-state index >= 15 is 0 Å². The molecule has 1 unspecified atom stereocenters. The number of fused-ring (bicyclic) bond motifs is 1. The van der Waals surface area contributed by atoms with E-state index in [1.54, 1.807) is 18.5 Å². The third-order valence-electron chi connectivity index (χ3n) is 3.74. The van der Waals surface area contributed by atoms with Crippen molar-refractivity contribution < 1.29 is 4.79 Å². The van der Waals surface area contributed by atoms with Crippen LogP contribution in [-0.2, 0) is 17.6 Å². The second-order valence-electron chi connectivity index (χ2n) is 5.05. The van der Waals surface area contributed by atoms with Crippen molar-refractivity contribution in [3.05, 3.63) is 58.9 Å². The Kier molecular flexibility index (Phi) is 3.70. The predicted molar refractivity (Wildman–Crippen MR) is 79.8 cm³/mol. The number of rotatable bonds is 2. The fourth-order valence-electron chi connectivity index (χ4n) is 2.63. The highest BCUT2D eigenvalue weighted by Crippen LogP contribution is 2.27. The van der Waals surface area contributed by atoms with Crippen molar-refractivity contribution in [3.8, 4) is 0 Å². The predicted octanol–water partition coefficient (Wildman–Crippen LogP) is 3.48. The Morgan fingerprint density at radius 1 is 1.25 bits per heavy atom. The normalized spacial score (nSPS) is 17.4. The fourth-order valence-corrected chi connectivity index (χ4v) is 2.78. The van der Waals surface area contributed by atoms with E-state index in [0.717, 1.165) is 19.3 Å². The minimum atomic E-state index is 0.00109. The first-order valence-corrected chi connectivity index (χ1v) is 7.09. The van der Waals surface area contributed by atoms with Gasteiger partial charge in [0, 0.05) is 12.1 Å². The van der Waals surface area contributed by atoms with Gasteiger partial charge in [-0.25, -0.2) is 0 Å². The van der Waals surface area contributed by atoms with Crippen molar-refractivity contribution in [2.24, 2.45) is 5.92 Å². The summed E-state index contributed by atoms with van der Waals surface area (Å²) in [4.78, 5) is 16.3. The lowest BCUT2D eigenvalue weighted by Crippen LogP contribution is -2.28. The number of aryl methyl sites for hydroxylation is 1. The van der Waals surface area contributed by atoms with Gasteiger partial charge in [-0.15, -0.1) is 0 Å². The summed E-state index contributed by atoms with van der Waals surface area (Å²) in [6, 6.07) is 9.99. The zero-order valence-corrected chi connectivity index (χ0v) is 11.7. The monoisotopic (exact) mass is 286 g/mol. The maximum Gasteiger partial charge on any atom is 0.227 e. The van der Waals surface area contributed by atoms with Crippen LogP contribution in [0.3, 0.4) is 0 Å². The molecule has 0 aliphatic heterocycles. The molecule has 0 spiro atoms. The van der Waals surface area contributed by atoms with Crippen LogP contribution in [0.15, 0.2) is 42.7 Å². The number of carbonyl (C=O) groups is 1. The Morgan fingerprint density at radius 3 is 2.85 bits per heavy atom. The molecule has 1 heterocycles. The number of benzene rings is 1. The second kappa shape index (κ2) is 5.63. The number of amides is 1. The zero-order chi connectivity index (χ0) is 13.9. The molecule has 3 rings (SSSR count). The van der Waals surface area contributed by atoms with Crippen LogP contribution in [0.2, 0.25) is 5.02 Å². The van der Waals surface area contributed by atoms with Crippen molar-refractivity contribution >= 4 is 23.2 Å². The number of pyridine rings is 1. The van der Waals surface area contributed by atoms with E-state index in [2.05, 4.69) is 28.5 Å². The minimum absolute atomic E-state index is 0.00109. The van der Waals surface area contributed by atoms with Crippen LogP contribution in [0.4, 0.5) is 5.69 Å². The Morgan fingerprint density at radius 2 is 2.05 bits per heavy atom. The first-order chi connectivity index (χ1) is 9.74. The number of anilines is 1. The van der Waals surface area contributed by atoms with Gasteiger partial charge in [-0.1, -0.05) is 35.9 Å². The molecule has 102 valence electrons. The maximum absolute atomic E-state index is 12.3. The molecule has 0 saturated carbocycles. The van der Waals surface area contributed by atoms with Gasteiger partial charge in [-0.05, 0) is 36.5 Å². The number of halogens is 1. The topological polar surface area (TPSA) is 42.0 Å². The van der Waals surface area contributed by atoms with Gasteiger partial charge in [0.05, 0.1) is 16.9 Å². The largest absolute Gasteiger partial charge is 0.323 e. The highest BCUT2D eigenvalue weighted by Gasteiger charge is 2.24. The number of nitrogens with one attached hydrogen (secondary N) is 1. The lowest BCUT2D eigenvalue weighted by atomic mass is 9.83. The molecule has 3 nitrogen and oxygen atoms in total.